The van der Waals surface area contributed by atoms with Crippen molar-refractivity contribution >= 4 is 18.1 Å². The van der Waals surface area contributed by atoms with Gasteiger partial charge in [0.25, 0.3) is 0 Å². The lowest BCUT2D eigenvalue weighted by atomic mass is 9.97. The molecule has 1 aliphatic heterocycles. The molecule has 0 atom stereocenters. The standard InChI is InChI=1S/C22H31N5O3/c1-22(2,3)30-21(28)26-11-9-15(10-12-26)14-27-20(24)17(13-23)19(25-27)16-7-5-6-8-18(16)29-4/h5-8,13,15,23H,9-12,14,24H2,1-4H3. The third kappa shape index (κ3) is 4.75. The molecule has 0 saturated carbocycles. The number of nitrogen functional groups attached to an aromatic ring is 1. The molecule has 8 nitrogen and oxygen atoms in total. The molecule has 0 radical (unpaired) electrons. The van der Waals surface area contributed by atoms with Crippen molar-refractivity contribution in [3.63, 3.8) is 0 Å². The van der Waals surface area contributed by atoms with Gasteiger partial charge in [-0.3, -0.25) is 0 Å². The zero-order valence-electron chi connectivity index (χ0n) is 18.1. The molecule has 30 heavy (non-hydrogen) atoms. The third-order valence-electron chi connectivity index (χ3n) is 5.23. The summed E-state index contributed by atoms with van der Waals surface area (Å²) in [5.41, 5.74) is 7.88. The Morgan fingerprint density at radius 1 is 1.30 bits per heavy atom. The third-order valence-corrected chi connectivity index (χ3v) is 5.23. The molecule has 0 unspecified atom stereocenters. The van der Waals surface area contributed by atoms with E-state index in [9.17, 15) is 4.79 Å². The Labute approximate surface area is 177 Å². The largest absolute Gasteiger partial charge is 0.496 e. The second-order valence-electron chi connectivity index (χ2n) is 8.59. The number of carbonyl (C=O) groups excluding carboxylic acids is 1. The number of piperidine rings is 1. The van der Waals surface area contributed by atoms with Crippen molar-refractivity contribution in [1.29, 1.82) is 5.41 Å². The summed E-state index contributed by atoms with van der Waals surface area (Å²) >= 11 is 0. The van der Waals surface area contributed by atoms with Crippen LogP contribution in [0.25, 0.3) is 11.3 Å². The van der Waals surface area contributed by atoms with E-state index in [4.69, 9.17) is 25.7 Å². The van der Waals surface area contributed by atoms with Crippen molar-refractivity contribution in [2.75, 3.05) is 25.9 Å². The van der Waals surface area contributed by atoms with Gasteiger partial charge in [-0.25, -0.2) is 9.48 Å². The number of likely N-dealkylation sites (tertiary alicyclic amines) is 1. The highest BCUT2D eigenvalue weighted by molar-refractivity contribution is 5.93. The molecular weight excluding hydrogens is 382 g/mol. The van der Waals surface area contributed by atoms with E-state index in [1.165, 1.54) is 6.21 Å². The summed E-state index contributed by atoms with van der Waals surface area (Å²) in [6.07, 6.45) is 2.68. The van der Waals surface area contributed by atoms with E-state index in [2.05, 4.69) is 0 Å². The molecule has 8 heteroatoms. The van der Waals surface area contributed by atoms with Crippen LogP contribution in [0, 0.1) is 11.3 Å². The average Bonchev–Trinajstić information content (AvgIpc) is 3.02. The fourth-order valence-corrected chi connectivity index (χ4v) is 3.68. The summed E-state index contributed by atoms with van der Waals surface area (Å²) in [5, 5.41) is 12.5. The van der Waals surface area contributed by atoms with E-state index in [1.54, 1.807) is 16.7 Å². The predicted octanol–water partition coefficient (Wildman–Crippen LogP) is 3.79. The first-order chi connectivity index (χ1) is 14.2. The minimum atomic E-state index is -0.491. The number of nitrogens with one attached hydrogen (secondary N) is 1. The van der Waals surface area contributed by atoms with Crippen molar-refractivity contribution in [2.45, 2.75) is 45.8 Å². The number of methoxy groups -OCH3 is 1. The number of amides is 1. The van der Waals surface area contributed by atoms with Crippen molar-refractivity contribution < 1.29 is 14.3 Å². The topological polar surface area (TPSA) is 106 Å². The summed E-state index contributed by atoms with van der Waals surface area (Å²) in [6.45, 7) is 7.56. The van der Waals surface area contributed by atoms with Gasteiger partial charge in [0, 0.05) is 31.4 Å². The predicted molar refractivity (Wildman–Crippen MR) is 117 cm³/mol. The van der Waals surface area contributed by atoms with E-state index < -0.39 is 5.60 Å². The summed E-state index contributed by atoms with van der Waals surface area (Å²) < 4.78 is 12.7. The number of rotatable bonds is 5. The van der Waals surface area contributed by atoms with Gasteiger partial charge < -0.3 is 25.5 Å². The Morgan fingerprint density at radius 3 is 2.57 bits per heavy atom. The van der Waals surface area contributed by atoms with Crippen LogP contribution < -0.4 is 10.5 Å². The highest BCUT2D eigenvalue weighted by atomic mass is 16.6. The molecule has 3 N–H and O–H groups in total. The van der Waals surface area contributed by atoms with Crippen LogP contribution in [-0.2, 0) is 11.3 Å². The van der Waals surface area contributed by atoms with Gasteiger partial charge in [0.05, 0.1) is 12.7 Å². The molecule has 162 valence electrons. The number of anilines is 1. The molecule has 2 heterocycles. The van der Waals surface area contributed by atoms with Crippen molar-refractivity contribution in [2.24, 2.45) is 5.92 Å². The van der Waals surface area contributed by atoms with Crippen LogP contribution in [0.1, 0.15) is 39.2 Å². The Bertz CT molecular complexity index is 908. The molecular formula is C22H31N5O3. The number of para-hydroxylation sites is 1. The molecule has 2 aromatic rings. The SMILES string of the molecule is COc1ccccc1-c1nn(CC2CCN(C(=O)OC(C)(C)C)CC2)c(N)c1C=N. The number of hydrogen-bond acceptors (Lipinski definition) is 6. The maximum atomic E-state index is 12.3. The van der Waals surface area contributed by atoms with Crippen LogP contribution in [0.15, 0.2) is 24.3 Å². The number of nitrogens with zero attached hydrogens (tertiary/aromatic N) is 3. The smallest absolute Gasteiger partial charge is 0.410 e. The zero-order chi connectivity index (χ0) is 21.9. The molecule has 1 aromatic carbocycles. The van der Waals surface area contributed by atoms with E-state index in [0.717, 1.165) is 18.4 Å². The van der Waals surface area contributed by atoms with Gasteiger partial charge in [-0.2, -0.15) is 5.10 Å². The number of benzene rings is 1. The van der Waals surface area contributed by atoms with Crippen LogP contribution in [0.5, 0.6) is 5.75 Å². The van der Waals surface area contributed by atoms with E-state index in [1.807, 2.05) is 45.0 Å². The van der Waals surface area contributed by atoms with Gasteiger partial charge in [0.2, 0.25) is 0 Å². The first-order valence-corrected chi connectivity index (χ1v) is 10.2. The highest BCUT2D eigenvalue weighted by Crippen LogP contribution is 2.33. The van der Waals surface area contributed by atoms with E-state index in [-0.39, 0.29) is 6.09 Å². The minimum Gasteiger partial charge on any atom is -0.496 e. The number of carbonyl (C=O) groups is 1. The van der Waals surface area contributed by atoms with Gasteiger partial charge in [-0.1, -0.05) is 12.1 Å². The molecule has 1 aliphatic rings. The van der Waals surface area contributed by atoms with Gasteiger partial charge in [-0.15, -0.1) is 0 Å². The summed E-state index contributed by atoms with van der Waals surface area (Å²) in [6, 6.07) is 7.58. The fourth-order valence-electron chi connectivity index (χ4n) is 3.68. The molecule has 1 aromatic heterocycles. The van der Waals surface area contributed by atoms with Crippen molar-refractivity contribution in [1.82, 2.24) is 14.7 Å². The first-order valence-electron chi connectivity index (χ1n) is 10.2. The van der Waals surface area contributed by atoms with Crippen molar-refractivity contribution in [3.8, 4) is 17.0 Å². The summed E-state index contributed by atoms with van der Waals surface area (Å²) in [5.74, 6) is 1.51. The van der Waals surface area contributed by atoms with Gasteiger partial charge >= 0.3 is 6.09 Å². The molecule has 1 fully saturated rings. The van der Waals surface area contributed by atoms with E-state index in [0.29, 0.717) is 48.4 Å². The fraction of sp³-hybridized carbons (Fsp3) is 0.500. The maximum absolute atomic E-state index is 12.3. The lowest BCUT2D eigenvalue weighted by Gasteiger charge is -2.33. The van der Waals surface area contributed by atoms with Crippen LogP contribution in [0.4, 0.5) is 10.6 Å². The first kappa shape index (κ1) is 21.7. The second-order valence-corrected chi connectivity index (χ2v) is 8.59. The number of nitrogens with two attached hydrogens (primary N) is 1. The van der Waals surface area contributed by atoms with Crippen LogP contribution in [-0.4, -0.2) is 52.8 Å². The summed E-state index contributed by atoms with van der Waals surface area (Å²) in [4.78, 5) is 14.0. The Morgan fingerprint density at radius 2 is 1.97 bits per heavy atom. The number of aromatic nitrogens is 2. The number of ether oxygens (including phenoxy) is 2. The zero-order valence-corrected chi connectivity index (χ0v) is 18.1. The molecule has 1 amide bonds. The quantitative estimate of drug-likeness (QED) is 0.726. The lowest BCUT2D eigenvalue weighted by molar-refractivity contribution is 0.0177. The molecule has 0 bridgehead atoms. The normalized spacial score (nSPS) is 15.1. The number of hydrogen-bond donors (Lipinski definition) is 2. The Balaban J connectivity index is 1.72. The van der Waals surface area contributed by atoms with Gasteiger partial charge in [-0.05, 0) is 51.7 Å². The monoisotopic (exact) mass is 413 g/mol. The van der Waals surface area contributed by atoms with E-state index >= 15 is 0 Å². The molecule has 3 rings (SSSR count). The van der Waals surface area contributed by atoms with Crippen LogP contribution in [0.3, 0.4) is 0 Å². The Hall–Kier alpha value is -3.03. The highest BCUT2D eigenvalue weighted by Gasteiger charge is 2.28. The van der Waals surface area contributed by atoms with Gasteiger partial charge in [0.1, 0.15) is 22.9 Å². The lowest BCUT2D eigenvalue weighted by Crippen LogP contribution is -2.42. The summed E-state index contributed by atoms with van der Waals surface area (Å²) in [7, 11) is 1.61. The minimum absolute atomic E-state index is 0.260. The second kappa shape index (κ2) is 8.77. The molecule has 0 aliphatic carbocycles. The average molecular weight is 414 g/mol. The maximum Gasteiger partial charge on any atom is 0.410 e. The van der Waals surface area contributed by atoms with Crippen LogP contribution >= 0.6 is 0 Å². The molecule has 0 spiro atoms. The van der Waals surface area contributed by atoms with Gasteiger partial charge in [0.15, 0.2) is 0 Å². The molecule has 1 saturated heterocycles. The van der Waals surface area contributed by atoms with Crippen molar-refractivity contribution in [3.05, 3.63) is 29.8 Å². The Kier molecular flexibility index (Phi) is 6.34. The van der Waals surface area contributed by atoms with Crippen LogP contribution in [0.2, 0.25) is 0 Å².